The summed E-state index contributed by atoms with van der Waals surface area (Å²) in [7, 11) is 0. The summed E-state index contributed by atoms with van der Waals surface area (Å²) in [6.07, 6.45) is 2.16. The van der Waals surface area contributed by atoms with Crippen molar-refractivity contribution in [2.45, 2.75) is 25.9 Å². The van der Waals surface area contributed by atoms with Crippen LogP contribution in [0.5, 0.6) is 0 Å². The molecule has 1 aliphatic heterocycles. The number of ether oxygens (including phenoxy) is 1. The largest absolute Gasteiger partial charge is 0.376 e. The van der Waals surface area contributed by atoms with E-state index < -0.39 is 4.92 Å². The highest BCUT2D eigenvalue weighted by Crippen LogP contribution is 2.30. The van der Waals surface area contributed by atoms with E-state index >= 15 is 0 Å². The first kappa shape index (κ1) is 14.3. The van der Waals surface area contributed by atoms with E-state index in [4.69, 9.17) is 10.00 Å². The van der Waals surface area contributed by atoms with E-state index in [1.54, 1.807) is 12.1 Å². The van der Waals surface area contributed by atoms with Gasteiger partial charge in [-0.1, -0.05) is 0 Å². The Hall–Kier alpha value is -2.13. The molecule has 6 nitrogen and oxygen atoms in total. The van der Waals surface area contributed by atoms with Gasteiger partial charge in [0.05, 0.1) is 22.7 Å². The molecule has 20 heavy (non-hydrogen) atoms. The second-order valence-corrected chi connectivity index (χ2v) is 4.75. The van der Waals surface area contributed by atoms with Crippen LogP contribution in [0.15, 0.2) is 18.2 Å². The first-order valence-electron chi connectivity index (χ1n) is 6.70. The lowest BCUT2D eigenvalue weighted by Gasteiger charge is -2.25. The maximum Gasteiger partial charge on any atom is 0.293 e. The van der Waals surface area contributed by atoms with Crippen molar-refractivity contribution >= 4 is 11.4 Å². The Morgan fingerprint density at radius 2 is 2.40 bits per heavy atom. The van der Waals surface area contributed by atoms with Crippen LogP contribution in [0.3, 0.4) is 0 Å². The van der Waals surface area contributed by atoms with Crippen LogP contribution in [0.25, 0.3) is 0 Å². The first-order valence-corrected chi connectivity index (χ1v) is 6.70. The number of hydrogen-bond donors (Lipinski definition) is 0. The molecule has 0 radical (unpaired) electrons. The topological polar surface area (TPSA) is 79.4 Å². The molecule has 106 valence electrons. The fraction of sp³-hybridized carbons (Fsp3) is 0.500. The summed E-state index contributed by atoms with van der Waals surface area (Å²) in [6.45, 7) is 4.02. The predicted molar refractivity (Wildman–Crippen MR) is 74.7 cm³/mol. The molecule has 0 saturated carbocycles. The quantitative estimate of drug-likeness (QED) is 0.609. The van der Waals surface area contributed by atoms with Gasteiger partial charge in [0.1, 0.15) is 5.69 Å². The molecule has 1 fully saturated rings. The minimum absolute atomic E-state index is 0.0242. The third kappa shape index (κ3) is 3.06. The van der Waals surface area contributed by atoms with E-state index in [1.165, 1.54) is 6.07 Å². The highest BCUT2D eigenvalue weighted by atomic mass is 16.6. The van der Waals surface area contributed by atoms with Gasteiger partial charge in [-0.2, -0.15) is 5.26 Å². The van der Waals surface area contributed by atoms with Crippen molar-refractivity contribution in [3.63, 3.8) is 0 Å². The van der Waals surface area contributed by atoms with Crippen LogP contribution in [-0.2, 0) is 4.74 Å². The van der Waals surface area contributed by atoms with Crippen molar-refractivity contribution in [2.24, 2.45) is 0 Å². The number of likely N-dealkylation sites (N-methyl/N-ethyl adjacent to an activating group) is 1. The van der Waals surface area contributed by atoms with Crippen molar-refractivity contribution in [3.8, 4) is 6.07 Å². The zero-order chi connectivity index (χ0) is 14.5. The average molecular weight is 275 g/mol. The number of nitrogens with zero attached hydrogens (tertiary/aromatic N) is 3. The number of nitro benzene ring substituents is 1. The van der Waals surface area contributed by atoms with E-state index in [-0.39, 0.29) is 11.8 Å². The summed E-state index contributed by atoms with van der Waals surface area (Å²) in [5, 5.41) is 20.0. The molecule has 0 bridgehead atoms. The maximum absolute atomic E-state index is 11.2. The van der Waals surface area contributed by atoms with E-state index in [2.05, 4.69) is 0 Å². The van der Waals surface area contributed by atoms with Crippen LogP contribution >= 0.6 is 0 Å². The molecular weight excluding hydrogens is 258 g/mol. The first-order chi connectivity index (χ1) is 9.65. The molecular formula is C14H17N3O3. The second kappa shape index (κ2) is 6.35. The van der Waals surface area contributed by atoms with Crippen LogP contribution in [0.1, 0.15) is 25.3 Å². The monoisotopic (exact) mass is 275 g/mol. The lowest BCUT2D eigenvalue weighted by Crippen LogP contribution is -2.32. The zero-order valence-corrected chi connectivity index (χ0v) is 11.4. The lowest BCUT2D eigenvalue weighted by atomic mass is 10.1. The molecule has 1 saturated heterocycles. The highest BCUT2D eigenvalue weighted by Gasteiger charge is 2.24. The van der Waals surface area contributed by atoms with Crippen LogP contribution < -0.4 is 4.90 Å². The van der Waals surface area contributed by atoms with Crippen LogP contribution in [-0.4, -0.2) is 30.7 Å². The molecule has 2 rings (SSSR count). The SMILES string of the molecule is CCN(C[C@H]1CCCO1)c1ccc(C#N)cc1[N+](=O)[O-]. The van der Waals surface area contributed by atoms with Crippen molar-refractivity contribution in [1.82, 2.24) is 0 Å². The smallest absolute Gasteiger partial charge is 0.293 e. The number of anilines is 1. The minimum Gasteiger partial charge on any atom is -0.376 e. The van der Waals surface area contributed by atoms with Gasteiger partial charge in [-0.05, 0) is 31.9 Å². The van der Waals surface area contributed by atoms with Crippen LogP contribution in [0.4, 0.5) is 11.4 Å². The Labute approximate surface area is 117 Å². The van der Waals surface area contributed by atoms with Gasteiger partial charge in [-0.25, -0.2) is 0 Å². The molecule has 0 amide bonds. The van der Waals surface area contributed by atoms with Crippen LogP contribution in [0, 0.1) is 21.4 Å². The van der Waals surface area contributed by atoms with Crippen molar-refractivity contribution in [3.05, 3.63) is 33.9 Å². The van der Waals surface area contributed by atoms with E-state index in [0.29, 0.717) is 24.3 Å². The summed E-state index contributed by atoms with van der Waals surface area (Å²) < 4.78 is 5.59. The standard InChI is InChI=1S/C14H17N3O3/c1-2-16(10-12-4-3-7-20-12)13-6-5-11(9-15)8-14(13)17(18)19/h5-6,8,12H,2-4,7,10H2,1H3/t12-/m1/s1. The Bertz CT molecular complexity index is 533. The molecule has 1 aromatic carbocycles. The minimum atomic E-state index is -0.436. The fourth-order valence-corrected chi connectivity index (χ4v) is 2.44. The number of nitro groups is 1. The second-order valence-electron chi connectivity index (χ2n) is 4.75. The van der Waals surface area contributed by atoms with Gasteiger partial charge in [0.25, 0.3) is 5.69 Å². The summed E-state index contributed by atoms with van der Waals surface area (Å²) in [4.78, 5) is 12.7. The Morgan fingerprint density at radius 1 is 1.60 bits per heavy atom. The van der Waals surface area contributed by atoms with Crippen LogP contribution in [0.2, 0.25) is 0 Å². The molecule has 0 N–H and O–H groups in total. The number of benzene rings is 1. The Morgan fingerprint density at radius 3 is 2.95 bits per heavy atom. The maximum atomic E-state index is 11.2. The van der Waals surface area contributed by atoms with Crippen molar-refractivity contribution < 1.29 is 9.66 Å². The molecule has 0 unspecified atom stereocenters. The van der Waals surface area contributed by atoms with Gasteiger partial charge in [-0.15, -0.1) is 0 Å². The van der Waals surface area contributed by atoms with E-state index in [0.717, 1.165) is 19.4 Å². The molecule has 0 spiro atoms. The average Bonchev–Trinajstić information content (AvgIpc) is 2.97. The van der Waals surface area contributed by atoms with Gasteiger partial charge in [-0.3, -0.25) is 10.1 Å². The third-order valence-electron chi connectivity index (χ3n) is 3.47. The van der Waals surface area contributed by atoms with Gasteiger partial charge in [0.2, 0.25) is 0 Å². The molecule has 0 aliphatic carbocycles. The third-order valence-corrected chi connectivity index (χ3v) is 3.47. The molecule has 1 aromatic rings. The highest BCUT2D eigenvalue weighted by molar-refractivity contribution is 5.65. The molecule has 1 aliphatic rings. The summed E-state index contributed by atoms with van der Waals surface area (Å²) in [6, 6.07) is 6.52. The Kier molecular flexibility index (Phi) is 4.53. The summed E-state index contributed by atoms with van der Waals surface area (Å²) in [5.74, 6) is 0. The number of nitriles is 1. The van der Waals surface area contributed by atoms with Crippen molar-refractivity contribution in [2.75, 3.05) is 24.6 Å². The predicted octanol–water partition coefficient (Wildman–Crippen LogP) is 2.47. The molecule has 1 heterocycles. The Balaban J connectivity index is 2.28. The van der Waals surface area contributed by atoms with Crippen molar-refractivity contribution in [1.29, 1.82) is 5.26 Å². The van der Waals surface area contributed by atoms with E-state index in [1.807, 2.05) is 17.9 Å². The van der Waals surface area contributed by atoms with Gasteiger partial charge in [0.15, 0.2) is 0 Å². The molecule has 6 heteroatoms. The summed E-state index contributed by atoms with van der Waals surface area (Å²) >= 11 is 0. The van der Waals surface area contributed by atoms with Gasteiger partial charge in [0, 0.05) is 25.8 Å². The molecule has 1 atom stereocenters. The van der Waals surface area contributed by atoms with E-state index in [9.17, 15) is 10.1 Å². The summed E-state index contributed by atoms with van der Waals surface area (Å²) in [5.41, 5.74) is 0.824. The normalized spacial score (nSPS) is 17.7. The number of rotatable bonds is 5. The zero-order valence-electron chi connectivity index (χ0n) is 11.4. The number of hydrogen-bond acceptors (Lipinski definition) is 5. The fourth-order valence-electron chi connectivity index (χ4n) is 2.44. The van der Waals surface area contributed by atoms with Gasteiger partial charge < -0.3 is 9.64 Å². The van der Waals surface area contributed by atoms with Gasteiger partial charge >= 0.3 is 0 Å². The lowest BCUT2D eigenvalue weighted by molar-refractivity contribution is -0.384. The molecule has 0 aromatic heterocycles.